The number of nitrogens with two attached hydrogens (primary N) is 1. The van der Waals surface area contributed by atoms with E-state index in [0.29, 0.717) is 19.5 Å². The van der Waals surface area contributed by atoms with Crippen LogP contribution in [0.3, 0.4) is 0 Å². The second-order valence-electron chi connectivity index (χ2n) is 5.48. The van der Waals surface area contributed by atoms with Crippen LogP contribution in [-0.4, -0.2) is 34.8 Å². The molecule has 2 aromatic rings. The van der Waals surface area contributed by atoms with E-state index < -0.39 is 0 Å². The van der Waals surface area contributed by atoms with Crippen molar-refractivity contribution in [3.63, 3.8) is 0 Å². The largest absolute Gasteiger partial charge is 0.370 e. The van der Waals surface area contributed by atoms with Crippen molar-refractivity contribution in [3.8, 4) is 10.4 Å². The second kappa shape index (κ2) is 6.27. The average Bonchev–Trinajstić information content (AvgIpc) is 3.16. The van der Waals surface area contributed by atoms with Crippen molar-refractivity contribution >= 4 is 23.2 Å². The number of aromatic nitrogens is 1. The first-order valence-electron chi connectivity index (χ1n) is 7.21. The molecule has 1 atom stereocenters. The van der Waals surface area contributed by atoms with Gasteiger partial charge in [0.2, 0.25) is 5.91 Å². The second-order valence-corrected chi connectivity index (χ2v) is 6.56. The fraction of sp³-hybridized carbons (Fsp3) is 0.312. The van der Waals surface area contributed by atoms with Crippen LogP contribution in [0.1, 0.15) is 22.5 Å². The number of rotatable bonds is 4. The van der Waals surface area contributed by atoms with E-state index in [2.05, 4.69) is 4.98 Å². The number of likely N-dealkylation sites (tertiary alicyclic amines) is 1. The third-order valence-corrected chi connectivity index (χ3v) is 4.97. The predicted molar refractivity (Wildman–Crippen MR) is 85.4 cm³/mol. The number of hydrogen-bond donors (Lipinski definition) is 1. The summed E-state index contributed by atoms with van der Waals surface area (Å²) in [5.41, 5.74) is 6.29. The lowest BCUT2D eigenvalue weighted by molar-refractivity contribution is -0.118. The normalized spacial score (nSPS) is 17.6. The Morgan fingerprint density at radius 3 is 2.77 bits per heavy atom. The molecule has 3 rings (SSSR count). The third-order valence-electron chi connectivity index (χ3n) is 3.84. The minimum Gasteiger partial charge on any atom is -0.370 e. The average molecular weight is 315 g/mol. The Kier molecular flexibility index (Phi) is 4.20. The van der Waals surface area contributed by atoms with Crippen LogP contribution >= 0.6 is 11.3 Å². The van der Waals surface area contributed by atoms with Crippen LogP contribution in [0.5, 0.6) is 0 Å². The molecule has 1 unspecified atom stereocenters. The van der Waals surface area contributed by atoms with E-state index in [0.717, 1.165) is 21.7 Å². The fourth-order valence-corrected chi connectivity index (χ4v) is 3.73. The number of carbonyl (C=O) groups is 2. The molecule has 0 saturated carbocycles. The van der Waals surface area contributed by atoms with Gasteiger partial charge >= 0.3 is 0 Å². The summed E-state index contributed by atoms with van der Waals surface area (Å²) >= 11 is 1.49. The van der Waals surface area contributed by atoms with Crippen molar-refractivity contribution in [2.75, 3.05) is 13.1 Å². The maximum absolute atomic E-state index is 12.5. The summed E-state index contributed by atoms with van der Waals surface area (Å²) in [5, 5.41) is 0. The van der Waals surface area contributed by atoms with Gasteiger partial charge in [-0.1, -0.05) is 0 Å². The summed E-state index contributed by atoms with van der Waals surface area (Å²) in [4.78, 5) is 31.1. The summed E-state index contributed by atoms with van der Waals surface area (Å²) < 4.78 is 0. The highest BCUT2D eigenvalue weighted by atomic mass is 32.1. The van der Waals surface area contributed by atoms with E-state index in [-0.39, 0.29) is 17.7 Å². The van der Waals surface area contributed by atoms with Crippen molar-refractivity contribution < 1.29 is 9.59 Å². The fourth-order valence-electron chi connectivity index (χ4n) is 2.75. The van der Waals surface area contributed by atoms with Crippen molar-refractivity contribution in [2.24, 2.45) is 11.7 Å². The quantitative estimate of drug-likeness (QED) is 0.939. The van der Waals surface area contributed by atoms with Crippen LogP contribution in [0, 0.1) is 5.92 Å². The molecule has 1 saturated heterocycles. The minimum atomic E-state index is -0.296. The van der Waals surface area contributed by atoms with E-state index in [1.807, 2.05) is 29.2 Å². The molecule has 2 amide bonds. The van der Waals surface area contributed by atoms with E-state index in [1.165, 1.54) is 11.3 Å². The molecule has 0 aromatic carbocycles. The molecule has 6 heteroatoms. The highest BCUT2D eigenvalue weighted by Gasteiger charge is 2.28. The molecule has 0 radical (unpaired) electrons. The predicted octanol–water partition coefficient (Wildman–Crippen LogP) is 2.15. The Morgan fingerprint density at radius 1 is 1.27 bits per heavy atom. The van der Waals surface area contributed by atoms with Crippen molar-refractivity contribution in [1.82, 2.24) is 9.88 Å². The molecular formula is C16H17N3O2S. The molecule has 1 fully saturated rings. The minimum absolute atomic E-state index is 0.0391. The molecule has 114 valence electrons. The van der Waals surface area contributed by atoms with Crippen LogP contribution in [0.4, 0.5) is 0 Å². The molecule has 0 aliphatic carbocycles. The summed E-state index contributed by atoms with van der Waals surface area (Å²) in [6.45, 7) is 1.31. The first-order chi connectivity index (χ1) is 10.6. The summed E-state index contributed by atoms with van der Waals surface area (Å²) in [6, 6.07) is 7.69. The van der Waals surface area contributed by atoms with Gasteiger partial charge in [0, 0.05) is 36.8 Å². The molecule has 0 bridgehead atoms. The van der Waals surface area contributed by atoms with E-state index in [4.69, 9.17) is 5.73 Å². The zero-order chi connectivity index (χ0) is 15.5. The molecular weight excluding hydrogens is 298 g/mol. The molecule has 1 aliphatic rings. The maximum Gasteiger partial charge on any atom is 0.263 e. The van der Waals surface area contributed by atoms with Gasteiger partial charge in [0.15, 0.2) is 0 Å². The van der Waals surface area contributed by atoms with E-state index in [1.54, 1.807) is 12.4 Å². The number of primary amides is 1. The lowest BCUT2D eigenvalue weighted by Crippen LogP contribution is -2.28. The van der Waals surface area contributed by atoms with Crippen LogP contribution in [-0.2, 0) is 4.79 Å². The first kappa shape index (κ1) is 14.7. The van der Waals surface area contributed by atoms with Crippen LogP contribution in [0.2, 0.25) is 0 Å². The lowest BCUT2D eigenvalue weighted by Gasteiger charge is -2.15. The van der Waals surface area contributed by atoms with Gasteiger partial charge in [-0.15, -0.1) is 11.3 Å². The Morgan fingerprint density at radius 2 is 2.05 bits per heavy atom. The number of pyridine rings is 1. The highest BCUT2D eigenvalue weighted by Crippen LogP contribution is 2.30. The molecule has 1 aliphatic heterocycles. The highest BCUT2D eigenvalue weighted by molar-refractivity contribution is 7.17. The maximum atomic E-state index is 12.5. The van der Waals surface area contributed by atoms with Gasteiger partial charge in [-0.05, 0) is 42.2 Å². The van der Waals surface area contributed by atoms with Gasteiger partial charge in [0.25, 0.3) is 5.91 Å². The Hall–Kier alpha value is -2.21. The molecule has 2 aromatic heterocycles. The van der Waals surface area contributed by atoms with Gasteiger partial charge in [0.05, 0.1) is 4.88 Å². The SMILES string of the molecule is NC(=O)CC1CCN(C(=O)c2ccc(-c3ccncc3)s2)C1. The number of amides is 2. The summed E-state index contributed by atoms with van der Waals surface area (Å²) in [7, 11) is 0. The molecule has 2 N–H and O–H groups in total. The van der Waals surface area contributed by atoms with Gasteiger partial charge < -0.3 is 10.6 Å². The third kappa shape index (κ3) is 3.17. The monoisotopic (exact) mass is 315 g/mol. The van der Waals surface area contributed by atoms with Crippen molar-refractivity contribution in [2.45, 2.75) is 12.8 Å². The number of thiophene rings is 1. The lowest BCUT2D eigenvalue weighted by atomic mass is 10.1. The van der Waals surface area contributed by atoms with Crippen molar-refractivity contribution in [3.05, 3.63) is 41.5 Å². The van der Waals surface area contributed by atoms with E-state index in [9.17, 15) is 9.59 Å². The van der Waals surface area contributed by atoms with Crippen LogP contribution in [0.25, 0.3) is 10.4 Å². The molecule has 0 spiro atoms. The summed E-state index contributed by atoms with van der Waals surface area (Å²) in [5.74, 6) is -0.0613. The number of nitrogens with zero attached hydrogens (tertiary/aromatic N) is 2. The summed E-state index contributed by atoms with van der Waals surface area (Å²) in [6.07, 6.45) is 4.69. The zero-order valence-electron chi connectivity index (χ0n) is 12.1. The molecule has 3 heterocycles. The van der Waals surface area contributed by atoms with E-state index >= 15 is 0 Å². The topological polar surface area (TPSA) is 76.3 Å². The van der Waals surface area contributed by atoms with Crippen LogP contribution < -0.4 is 5.73 Å². The molecule has 5 nitrogen and oxygen atoms in total. The van der Waals surface area contributed by atoms with Gasteiger partial charge in [-0.3, -0.25) is 14.6 Å². The number of hydrogen-bond acceptors (Lipinski definition) is 4. The Balaban J connectivity index is 1.69. The Labute approximate surface area is 132 Å². The zero-order valence-corrected chi connectivity index (χ0v) is 12.9. The smallest absolute Gasteiger partial charge is 0.263 e. The Bertz CT molecular complexity index is 684. The van der Waals surface area contributed by atoms with Gasteiger partial charge in [-0.2, -0.15) is 0 Å². The standard InChI is InChI=1S/C16H17N3O2S/c17-15(20)9-11-5-8-19(10-11)16(21)14-2-1-13(22-14)12-3-6-18-7-4-12/h1-4,6-7,11H,5,8-10H2,(H2,17,20). The molecule has 22 heavy (non-hydrogen) atoms. The number of carbonyl (C=O) groups excluding carboxylic acids is 2. The van der Waals surface area contributed by atoms with Gasteiger partial charge in [0.1, 0.15) is 0 Å². The van der Waals surface area contributed by atoms with Gasteiger partial charge in [-0.25, -0.2) is 0 Å². The first-order valence-corrected chi connectivity index (χ1v) is 8.03. The van der Waals surface area contributed by atoms with Crippen LogP contribution in [0.15, 0.2) is 36.7 Å². The van der Waals surface area contributed by atoms with Crippen molar-refractivity contribution in [1.29, 1.82) is 0 Å².